The molecule has 0 bridgehead atoms. The predicted molar refractivity (Wildman–Crippen MR) is 88.6 cm³/mol. The van der Waals surface area contributed by atoms with E-state index in [1.54, 1.807) is 0 Å². The molecule has 1 aromatic rings. The second-order valence-corrected chi connectivity index (χ2v) is 7.58. The lowest BCUT2D eigenvalue weighted by Gasteiger charge is -2.24. The molecule has 1 atom stereocenters. The van der Waals surface area contributed by atoms with E-state index in [9.17, 15) is 0 Å². The van der Waals surface area contributed by atoms with Gasteiger partial charge in [-0.25, -0.2) is 0 Å². The van der Waals surface area contributed by atoms with E-state index < -0.39 is 0 Å². The van der Waals surface area contributed by atoms with Gasteiger partial charge in [-0.05, 0) is 42.5 Å². The Hall–Kier alpha value is -0.530. The van der Waals surface area contributed by atoms with Crippen molar-refractivity contribution in [2.75, 3.05) is 19.6 Å². The third-order valence-electron chi connectivity index (χ3n) is 4.26. The molecule has 0 radical (unpaired) electrons. The summed E-state index contributed by atoms with van der Waals surface area (Å²) in [5.74, 6) is 0. The van der Waals surface area contributed by atoms with Crippen LogP contribution >= 0.6 is 11.6 Å². The Balaban J connectivity index is 1.96. The molecule has 1 nitrogen and oxygen atoms in total. The van der Waals surface area contributed by atoms with Crippen molar-refractivity contribution in [1.29, 1.82) is 0 Å². The average molecular weight is 294 g/mol. The van der Waals surface area contributed by atoms with Crippen LogP contribution in [0.4, 0.5) is 0 Å². The van der Waals surface area contributed by atoms with Gasteiger partial charge in [0, 0.05) is 6.54 Å². The van der Waals surface area contributed by atoms with E-state index in [0.29, 0.717) is 0 Å². The molecule has 1 saturated heterocycles. The van der Waals surface area contributed by atoms with Crippen molar-refractivity contribution in [2.24, 2.45) is 0 Å². The fourth-order valence-corrected chi connectivity index (χ4v) is 3.18. The standard InChI is InChI=1S/C18H28ClN/c1-18(2,3)16-10-8-15(9-11-16)17(19)14-20-12-6-4-5-7-13-20/h8-11,17H,4-7,12-14H2,1-3H3. The minimum atomic E-state index is 0.113. The van der Waals surface area contributed by atoms with Gasteiger partial charge in [-0.2, -0.15) is 0 Å². The topological polar surface area (TPSA) is 3.24 Å². The van der Waals surface area contributed by atoms with Gasteiger partial charge in [0.2, 0.25) is 0 Å². The summed E-state index contributed by atoms with van der Waals surface area (Å²) >= 11 is 6.62. The summed E-state index contributed by atoms with van der Waals surface area (Å²) in [5, 5.41) is 0.113. The van der Waals surface area contributed by atoms with Crippen LogP contribution in [0.2, 0.25) is 0 Å². The number of rotatable bonds is 3. The first-order valence-corrected chi connectivity index (χ1v) is 8.37. The lowest BCUT2D eigenvalue weighted by atomic mass is 9.86. The molecule has 0 aliphatic carbocycles. The maximum absolute atomic E-state index is 6.62. The lowest BCUT2D eigenvalue weighted by Crippen LogP contribution is -2.28. The summed E-state index contributed by atoms with van der Waals surface area (Å²) in [5.41, 5.74) is 2.84. The Kier molecular flexibility index (Phi) is 5.51. The number of halogens is 1. The van der Waals surface area contributed by atoms with Gasteiger partial charge in [-0.1, -0.05) is 57.9 Å². The molecule has 1 aliphatic rings. The van der Waals surface area contributed by atoms with Crippen molar-refractivity contribution >= 4 is 11.6 Å². The molecule has 0 aromatic heterocycles. The summed E-state index contributed by atoms with van der Waals surface area (Å²) in [7, 11) is 0. The number of nitrogens with zero attached hydrogens (tertiary/aromatic N) is 1. The highest BCUT2D eigenvalue weighted by atomic mass is 35.5. The van der Waals surface area contributed by atoms with E-state index in [0.717, 1.165) is 6.54 Å². The predicted octanol–water partition coefficient (Wildman–Crippen LogP) is 5.14. The van der Waals surface area contributed by atoms with Crippen LogP contribution in [0.3, 0.4) is 0 Å². The van der Waals surface area contributed by atoms with E-state index >= 15 is 0 Å². The Morgan fingerprint density at radius 1 is 1.00 bits per heavy atom. The highest BCUT2D eigenvalue weighted by Crippen LogP contribution is 2.27. The van der Waals surface area contributed by atoms with E-state index in [1.807, 2.05) is 0 Å². The summed E-state index contributed by atoms with van der Waals surface area (Å²) in [6.07, 6.45) is 5.41. The molecule has 1 heterocycles. The number of benzene rings is 1. The van der Waals surface area contributed by atoms with Gasteiger partial charge >= 0.3 is 0 Å². The number of likely N-dealkylation sites (tertiary alicyclic amines) is 1. The van der Waals surface area contributed by atoms with Crippen molar-refractivity contribution in [3.8, 4) is 0 Å². The van der Waals surface area contributed by atoms with E-state index in [4.69, 9.17) is 11.6 Å². The Morgan fingerprint density at radius 2 is 1.55 bits per heavy atom. The van der Waals surface area contributed by atoms with Crippen LogP contribution in [0.1, 0.15) is 63.0 Å². The minimum Gasteiger partial charge on any atom is -0.302 e. The van der Waals surface area contributed by atoms with Gasteiger partial charge in [-0.3, -0.25) is 0 Å². The first kappa shape index (κ1) is 15.9. The molecule has 1 unspecified atom stereocenters. The van der Waals surface area contributed by atoms with Crippen LogP contribution in [0.15, 0.2) is 24.3 Å². The van der Waals surface area contributed by atoms with Crippen LogP contribution in [-0.4, -0.2) is 24.5 Å². The first-order valence-electron chi connectivity index (χ1n) is 7.94. The second kappa shape index (κ2) is 6.95. The van der Waals surface area contributed by atoms with E-state index in [-0.39, 0.29) is 10.8 Å². The molecular weight excluding hydrogens is 266 g/mol. The Labute approximate surface area is 129 Å². The summed E-state index contributed by atoms with van der Waals surface area (Å²) in [6, 6.07) is 8.87. The summed E-state index contributed by atoms with van der Waals surface area (Å²) < 4.78 is 0. The fourth-order valence-electron chi connectivity index (χ4n) is 2.84. The third-order valence-corrected chi connectivity index (χ3v) is 4.65. The van der Waals surface area contributed by atoms with Gasteiger partial charge in [0.1, 0.15) is 0 Å². The van der Waals surface area contributed by atoms with Gasteiger partial charge in [0.25, 0.3) is 0 Å². The number of hydrogen-bond donors (Lipinski definition) is 0. The third kappa shape index (κ3) is 4.49. The normalized spacial score (nSPS) is 19.6. The minimum absolute atomic E-state index is 0.113. The zero-order valence-corrected chi connectivity index (χ0v) is 13.9. The molecule has 2 rings (SSSR count). The molecule has 112 valence electrons. The highest BCUT2D eigenvalue weighted by Gasteiger charge is 2.17. The fraction of sp³-hybridized carbons (Fsp3) is 0.667. The van der Waals surface area contributed by atoms with E-state index in [2.05, 4.69) is 49.9 Å². The Bertz CT molecular complexity index is 396. The quantitative estimate of drug-likeness (QED) is 0.698. The van der Waals surface area contributed by atoms with Crippen molar-refractivity contribution < 1.29 is 0 Å². The maximum Gasteiger partial charge on any atom is 0.0712 e. The molecule has 0 saturated carbocycles. The van der Waals surface area contributed by atoms with E-state index in [1.165, 1.54) is 49.9 Å². The van der Waals surface area contributed by atoms with Crippen molar-refractivity contribution in [3.05, 3.63) is 35.4 Å². The number of hydrogen-bond acceptors (Lipinski definition) is 1. The lowest BCUT2D eigenvalue weighted by molar-refractivity contribution is 0.285. The molecule has 2 heteroatoms. The zero-order valence-electron chi connectivity index (χ0n) is 13.2. The molecule has 20 heavy (non-hydrogen) atoms. The monoisotopic (exact) mass is 293 g/mol. The van der Waals surface area contributed by atoms with Crippen molar-refractivity contribution in [3.63, 3.8) is 0 Å². The molecule has 1 fully saturated rings. The SMILES string of the molecule is CC(C)(C)c1ccc(C(Cl)CN2CCCCCC2)cc1. The summed E-state index contributed by atoms with van der Waals surface area (Å²) in [4.78, 5) is 2.53. The van der Waals surface area contributed by atoms with Crippen LogP contribution in [-0.2, 0) is 5.41 Å². The van der Waals surface area contributed by atoms with Crippen molar-refractivity contribution in [2.45, 2.75) is 57.2 Å². The average Bonchev–Trinajstić information content (AvgIpc) is 2.66. The zero-order chi connectivity index (χ0) is 14.6. The Morgan fingerprint density at radius 3 is 2.05 bits per heavy atom. The van der Waals surface area contributed by atoms with Gasteiger partial charge in [-0.15, -0.1) is 11.6 Å². The highest BCUT2D eigenvalue weighted by molar-refractivity contribution is 6.21. The van der Waals surface area contributed by atoms with Crippen LogP contribution in [0.5, 0.6) is 0 Å². The molecular formula is C18H28ClN. The molecule has 1 aliphatic heterocycles. The van der Waals surface area contributed by atoms with Crippen molar-refractivity contribution in [1.82, 2.24) is 4.90 Å². The molecule has 0 N–H and O–H groups in total. The van der Waals surface area contributed by atoms with Crippen LogP contribution in [0.25, 0.3) is 0 Å². The molecule has 0 amide bonds. The smallest absolute Gasteiger partial charge is 0.0712 e. The molecule has 0 spiro atoms. The summed E-state index contributed by atoms with van der Waals surface area (Å²) in [6.45, 7) is 10.1. The van der Waals surface area contributed by atoms with Gasteiger partial charge < -0.3 is 4.90 Å². The second-order valence-electron chi connectivity index (χ2n) is 7.05. The molecule has 1 aromatic carbocycles. The number of alkyl halides is 1. The van der Waals surface area contributed by atoms with Crippen LogP contribution < -0.4 is 0 Å². The van der Waals surface area contributed by atoms with Gasteiger partial charge in [0.15, 0.2) is 0 Å². The largest absolute Gasteiger partial charge is 0.302 e. The maximum atomic E-state index is 6.62. The van der Waals surface area contributed by atoms with Crippen LogP contribution in [0, 0.1) is 0 Å². The van der Waals surface area contributed by atoms with Gasteiger partial charge in [0.05, 0.1) is 5.38 Å². The first-order chi connectivity index (χ1) is 9.47.